The molecule has 6 heteroatoms. The van der Waals surface area contributed by atoms with Crippen LogP contribution in [0, 0.1) is 0 Å². The molecule has 1 heterocycles. The number of thiophene rings is 1. The number of nitrogens with one attached hydrogen (secondary N) is 1. The van der Waals surface area contributed by atoms with Crippen molar-refractivity contribution in [2.75, 3.05) is 0 Å². The number of carboxylic acids is 1. The van der Waals surface area contributed by atoms with Crippen LogP contribution >= 0.6 is 22.9 Å². The van der Waals surface area contributed by atoms with Gasteiger partial charge in [-0.25, -0.2) is 4.79 Å². The van der Waals surface area contributed by atoms with Crippen LogP contribution in [0.2, 0.25) is 4.34 Å². The quantitative estimate of drug-likeness (QED) is 0.839. The Labute approximate surface area is 109 Å². The van der Waals surface area contributed by atoms with E-state index in [1.165, 1.54) is 0 Å². The molecule has 0 saturated carbocycles. The van der Waals surface area contributed by atoms with Gasteiger partial charge in [-0.3, -0.25) is 4.79 Å². The molecule has 4 nitrogen and oxygen atoms in total. The van der Waals surface area contributed by atoms with E-state index < -0.39 is 12.0 Å². The maximum absolute atomic E-state index is 11.7. The van der Waals surface area contributed by atoms with Crippen molar-refractivity contribution in [2.45, 2.75) is 32.2 Å². The van der Waals surface area contributed by atoms with Gasteiger partial charge in [-0.15, -0.1) is 11.3 Å². The molecule has 1 amide bonds. The second kappa shape index (κ2) is 6.61. The molecule has 0 aliphatic heterocycles. The zero-order chi connectivity index (χ0) is 12.8. The van der Waals surface area contributed by atoms with E-state index in [2.05, 4.69) is 5.32 Å². The van der Waals surface area contributed by atoms with Crippen LogP contribution in [0.5, 0.6) is 0 Å². The fourth-order valence-corrected chi connectivity index (χ4v) is 2.28. The van der Waals surface area contributed by atoms with Gasteiger partial charge in [0.15, 0.2) is 0 Å². The molecule has 1 aromatic rings. The van der Waals surface area contributed by atoms with E-state index in [4.69, 9.17) is 16.7 Å². The highest BCUT2D eigenvalue weighted by atomic mass is 35.5. The average molecular weight is 276 g/mol. The molecule has 1 rings (SSSR count). The third-order valence-electron chi connectivity index (χ3n) is 2.25. The zero-order valence-corrected chi connectivity index (χ0v) is 11.0. The molecular weight excluding hydrogens is 262 g/mol. The number of hydrogen-bond donors (Lipinski definition) is 2. The third kappa shape index (κ3) is 4.36. The smallest absolute Gasteiger partial charge is 0.326 e. The van der Waals surface area contributed by atoms with Gasteiger partial charge in [-0.05, 0) is 18.6 Å². The lowest BCUT2D eigenvalue weighted by Gasteiger charge is -2.13. The van der Waals surface area contributed by atoms with Gasteiger partial charge in [0.05, 0.1) is 9.21 Å². The summed E-state index contributed by atoms with van der Waals surface area (Å²) in [6.07, 6.45) is 2.10. The van der Waals surface area contributed by atoms with Crippen molar-refractivity contribution < 1.29 is 14.7 Å². The van der Waals surface area contributed by atoms with E-state index in [9.17, 15) is 9.59 Å². The minimum atomic E-state index is -1.01. The Morgan fingerprint density at radius 3 is 2.71 bits per heavy atom. The number of aliphatic carboxylic acids is 1. The van der Waals surface area contributed by atoms with Crippen LogP contribution in [-0.2, 0) is 4.79 Å². The summed E-state index contributed by atoms with van der Waals surface area (Å²) < 4.78 is 0.510. The summed E-state index contributed by atoms with van der Waals surface area (Å²) in [5.41, 5.74) is 0. The van der Waals surface area contributed by atoms with E-state index in [1.54, 1.807) is 12.1 Å². The van der Waals surface area contributed by atoms with Crippen LogP contribution in [0.15, 0.2) is 12.1 Å². The molecule has 0 aliphatic rings. The van der Waals surface area contributed by atoms with Gasteiger partial charge in [0, 0.05) is 0 Å². The van der Waals surface area contributed by atoms with Crippen LogP contribution in [0.1, 0.15) is 35.9 Å². The Balaban J connectivity index is 2.60. The number of amides is 1. The molecule has 0 fully saturated rings. The normalized spacial score (nSPS) is 12.1. The van der Waals surface area contributed by atoms with Crippen molar-refractivity contribution in [3.05, 3.63) is 21.3 Å². The van der Waals surface area contributed by atoms with Crippen molar-refractivity contribution in [1.82, 2.24) is 5.32 Å². The van der Waals surface area contributed by atoms with Crippen molar-refractivity contribution in [3.8, 4) is 0 Å². The molecule has 0 radical (unpaired) electrons. The summed E-state index contributed by atoms with van der Waals surface area (Å²) >= 11 is 6.84. The Hall–Kier alpha value is -1.07. The summed E-state index contributed by atoms with van der Waals surface area (Å²) in [6.45, 7) is 1.97. The second-order valence-corrected chi connectivity index (χ2v) is 5.33. The SMILES string of the molecule is CCCC[C@H](NC(=O)c1ccc(Cl)s1)C(=O)O. The van der Waals surface area contributed by atoms with E-state index in [1.807, 2.05) is 6.92 Å². The van der Waals surface area contributed by atoms with Gasteiger partial charge in [-0.1, -0.05) is 31.4 Å². The number of hydrogen-bond acceptors (Lipinski definition) is 3. The first-order valence-electron chi connectivity index (χ1n) is 5.33. The van der Waals surface area contributed by atoms with Crippen molar-refractivity contribution in [3.63, 3.8) is 0 Å². The first-order valence-corrected chi connectivity index (χ1v) is 6.53. The number of carbonyl (C=O) groups is 2. The first kappa shape index (κ1) is 14.0. The molecule has 17 heavy (non-hydrogen) atoms. The van der Waals surface area contributed by atoms with E-state index in [0.29, 0.717) is 15.6 Å². The molecule has 1 atom stereocenters. The van der Waals surface area contributed by atoms with E-state index in [-0.39, 0.29) is 5.91 Å². The lowest BCUT2D eigenvalue weighted by Crippen LogP contribution is -2.40. The summed E-state index contributed by atoms with van der Waals surface area (Å²) in [4.78, 5) is 23.1. The number of halogens is 1. The Morgan fingerprint density at radius 2 is 2.24 bits per heavy atom. The van der Waals surface area contributed by atoms with E-state index in [0.717, 1.165) is 24.2 Å². The number of rotatable bonds is 6. The molecule has 0 bridgehead atoms. The largest absolute Gasteiger partial charge is 0.480 e. The zero-order valence-electron chi connectivity index (χ0n) is 9.40. The lowest BCUT2D eigenvalue weighted by atomic mass is 10.1. The number of carbonyl (C=O) groups excluding carboxylic acids is 1. The molecule has 0 saturated heterocycles. The highest BCUT2D eigenvalue weighted by Gasteiger charge is 2.20. The molecule has 1 aromatic heterocycles. The summed E-state index contributed by atoms with van der Waals surface area (Å²) in [7, 11) is 0. The molecule has 0 unspecified atom stereocenters. The molecule has 0 aliphatic carbocycles. The summed E-state index contributed by atoms with van der Waals surface area (Å²) in [6, 6.07) is 2.37. The maximum Gasteiger partial charge on any atom is 0.326 e. The molecular formula is C11H14ClNO3S. The van der Waals surface area contributed by atoms with Crippen molar-refractivity contribution in [2.24, 2.45) is 0 Å². The first-order chi connectivity index (χ1) is 8.04. The topological polar surface area (TPSA) is 66.4 Å². The Bertz CT molecular complexity index is 405. The van der Waals surface area contributed by atoms with Gasteiger partial charge >= 0.3 is 5.97 Å². The predicted octanol–water partition coefficient (Wildman–Crippen LogP) is 2.77. The number of carboxylic acid groups (broad SMARTS) is 1. The standard InChI is InChI=1S/C11H14ClNO3S/c1-2-3-4-7(11(15)16)13-10(14)8-5-6-9(12)17-8/h5-7H,2-4H2,1H3,(H,13,14)(H,15,16)/t7-/m0/s1. The molecule has 0 aromatic carbocycles. The Kier molecular flexibility index (Phi) is 5.44. The van der Waals surface area contributed by atoms with Crippen LogP contribution in [0.25, 0.3) is 0 Å². The fourth-order valence-electron chi connectivity index (χ4n) is 1.33. The van der Waals surface area contributed by atoms with Gasteiger partial charge in [0.1, 0.15) is 6.04 Å². The van der Waals surface area contributed by atoms with Crippen molar-refractivity contribution >= 4 is 34.8 Å². The van der Waals surface area contributed by atoms with Gasteiger partial charge < -0.3 is 10.4 Å². The molecule has 2 N–H and O–H groups in total. The monoisotopic (exact) mass is 275 g/mol. The van der Waals surface area contributed by atoms with Gasteiger partial charge in [-0.2, -0.15) is 0 Å². The highest BCUT2D eigenvalue weighted by molar-refractivity contribution is 7.18. The lowest BCUT2D eigenvalue weighted by molar-refractivity contribution is -0.139. The summed E-state index contributed by atoms with van der Waals surface area (Å²) in [5, 5.41) is 11.5. The van der Waals surface area contributed by atoms with Gasteiger partial charge in [0.2, 0.25) is 0 Å². The predicted molar refractivity (Wildman–Crippen MR) is 67.7 cm³/mol. The average Bonchev–Trinajstić information content (AvgIpc) is 2.70. The second-order valence-electron chi connectivity index (χ2n) is 3.61. The fraction of sp³-hybridized carbons (Fsp3) is 0.455. The molecule has 0 spiro atoms. The highest BCUT2D eigenvalue weighted by Crippen LogP contribution is 2.21. The van der Waals surface area contributed by atoms with Gasteiger partial charge in [0.25, 0.3) is 5.91 Å². The Morgan fingerprint density at radius 1 is 1.53 bits per heavy atom. The minimum Gasteiger partial charge on any atom is -0.480 e. The summed E-state index contributed by atoms with van der Waals surface area (Å²) in [5.74, 6) is -1.39. The van der Waals surface area contributed by atoms with Crippen LogP contribution < -0.4 is 5.32 Å². The maximum atomic E-state index is 11.7. The third-order valence-corrected chi connectivity index (χ3v) is 3.48. The number of unbranched alkanes of at least 4 members (excludes halogenated alkanes) is 1. The van der Waals surface area contributed by atoms with Crippen molar-refractivity contribution in [1.29, 1.82) is 0 Å². The van der Waals surface area contributed by atoms with E-state index >= 15 is 0 Å². The van der Waals surface area contributed by atoms with Crippen LogP contribution in [0.4, 0.5) is 0 Å². The van der Waals surface area contributed by atoms with Crippen LogP contribution in [0.3, 0.4) is 0 Å². The molecule has 94 valence electrons. The minimum absolute atomic E-state index is 0.384. The van der Waals surface area contributed by atoms with Crippen LogP contribution in [-0.4, -0.2) is 23.0 Å².